The number of rotatable bonds is 0. The minimum Gasteiger partial charge on any atom is -0.465 e. The standard InChI is InChI=1S/C2H2BrNO3/c3-1(5)4-2(6)7/h(H,4,5)(H,6,7). The molecule has 0 bridgehead atoms. The SMILES string of the molecule is O=C(O)NC(=O)Br. The number of amides is 2. The van der Waals surface area contributed by atoms with Crippen LogP contribution in [0.3, 0.4) is 0 Å². The molecule has 0 rings (SSSR count). The predicted molar refractivity (Wildman–Crippen MR) is 25.5 cm³/mol. The highest BCUT2D eigenvalue weighted by molar-refractivity contribution is 9.18. The number of imide groups is 1. The quantitative estimate of drug-likeness (QED) is 0.414. The smallest absolute Gasteiger partial charge is 0.412 e. The van der Waals surface area contributed by atoms with Gasteiger partial charge in [0.2, 0.25) is 0 Å². The van der Waals surface area contributed by atoms with Crippen molar-refractivity contribution in [1.82, 2.24) is 5.32 Å². The molecular weight excluding hydrogens is 166 g/mol. The predicted octanol–water partition coefficient (Wildman–Crippen LogP) is 0.769. The highest BCUT2D eigenvalue weighted by Gasteiger charge is 1.96. The summed E-state index contributed by atoms with van der Waals surface area (Å²) >= 11 is 2.34. The summed E-state index contributed by atoms with van der Waals surface area (Å²) in [5.41, 5.74) is 0. The second kappa shape index (κ2) is 2.57. The minimum atomic E-state index is -1.36. The zero-order valence-electron chi connectivity index (χ0n) is 3.14. The van der Waals surface area contributed by atoms with Crippen molar-refractivity contribution in [2.75, 3.05) is 0 Å². The van der Waals surface area contributed by atoms with Crippen LogP contribution in [0.5, 0.6) is 0 Å². The van der Waals surface area contributed by atoms with Gasteiger partial charge in [-0.3, -0.25) is 10.1 Å². The summed E-state index contributed by atoms with van der Waals surface area (Å²) in [5, 5.41) is 9.22. The summed E-state index contributed by atoms with van der Waals surface area (Å²) in [6.45, 7) is 0. The number of hydrogen-bond donors (Lipinski definition) is 2. The highest BCUT2D eigenvalue weighted by atomic mass is 79.9. The number of carbonyl (C=O) groups is 2. The Bertz CT molecular complexity index is 89.1. The van der Waals surface area contributed by atoms with Crippen molar-refractivity contribution in [1.29, 1.82) is 0 Å². The van der Waals surface area contributed by atoms with Crippen LogP contribution in [0.2, 0.25) is 0 Å². The maximum Gasteiger partial charge on any atom is 0.412 e. The molecule has 0 saturated carbocycles. The van der Waals surface area contributed by atoms with Crippen molar-refractivity contribution in [2.24, 2.45) is 0 Å². The van der Waals surface area contributed by atoms with Crippen molar-refractivity contribution in [3.05, 3.63) is 0 Å². The topological polar surface area (TPSA) is 66.4 Å². The molecule has 0 aliphatic rings. The number of carbonyl (C=O) groups excluding carboxylic acids is 1. The summed E-state index contributed by atoms with van der Waals surface area (Å²) in [5.74, 6) is 0. The number of nitrogens with one attached hydrogen (secondary N) is 1. The van der Waals surface area contributed by atoms with Crippen LogP contribution in [-0.2, 0) is 0 Å². The van der Waals surface area contributed by atoms with Gasteiger partial charge in [0.15, 0.2) is 0 Å². The van der Waals surface area contributed by atoms with Gasteiger partial charge in [-0.2, -0.15) is 0 Å². The van der Waals surface area contributed by atoms with E-state index in [1.165, 1.54) is 5.32 Å². The first kappa shape index (κ1) is 6.42. The molecule has 0 aliphatic heterocycles. The molecule has 40 valence electrons. The third-order valence-corrected chi connectivity index (χ3v) is 0.403. The van der Waals surface area contributed by atoms with Crippen molar-refractivity contribution < 1.29 is 14.7 Å². The summed E-state index contributed by atoms with van der Waals surface area (Å²) in [4.78, 5) is 18.4. The first-order chi connectivity index (χ1) is 3.13. The average Bonchev–Trinajstić information content (AvgIpc) is 1.27. The summed E-state index contributed by atoms with van der Waals surface area (Å²) in [6.07, 6.45) is -1.36. The van der Waals surface area contributed by atoms with Gasteiger partial charge in [-0.05, 0) is 0 Å². The normalized spacial score (nSPS) is 7.57. The van der Waals surface area contributed by atoms with Crippen LogP contribution in [-0.4, -0.2) is 16.0 Å². The molecule has 5 heteroatoms. The van der Waals surface area contributed by atoms with Gasteiger partial charge in [0.05, 0.1) is 0 Å². The summed E-state index contributed by atoms with van der Waals surface area (Å²) in [6, 6.07) is 0. The fourth-order valence-electron chi connectivity index (χ4n) is 0.0841. The van der Waals surface area contributed by atoms with Crippen molar-refractivity contribution in [2.45, 2.75) is 0 Å². The zero-order valence-corrected chi connectivity index (χ0v) is 4.73. The highest BCUT2D eigenvalue weighted by Crippen LogP contribution is 1.78. The van der Waals surface area contributed by atoms with E-state index in [0.717, 1.165) is 0 Å². The van der Waals surface area contributed by atoms with Crippen LogP contribution in [0.15, 0.2) is 0 Å². The van der Waals surface area contributed by atoms with E-state index in [9.17, 15) is 9.59 Å². The van der Waals surface area contributed by atoms with E-state index in [1.54, 1.807) is 0 Å². The lowest BCUT2D eigenvalue weighted by Gasteiger charge is -1.84. The molecule has 0 aromatic heterocycles. The molecule has 0 spiro atoms. The van der Waals surface area contributed by atoms with E-state index in [2.05, 4.69) is 15.9 Å². The maximum atomic E-state index is 9.68. The van der Waals surface area contributed by atoms with Crippen molar-refractivity contribution in [3.63, 3.8) is 0 Å². The Kier molecular flexibility index (Phi) is 2.36. The van der Waals surface area contributed by atoms with E-state index in [1.807, 2.05) is 0 Å². The molecular formula is C2H2BrNO3. The molecule has 0 aliphatic carbocycles. The Morgan fingerprint density at radius 2 is 2.00 bits per heavy atom. The molecule has 7 heavy (non-hydrogen) atoms. The van der Waals surface area contributed by atoms with Gasteiger partial charge >= 0.3 is 6.09 Å². The number of carboxylic acid groups (broad SMARTS) is 1. The first-order valence-corrected chi connectivity index (χ1v) is 2.11. The molecule has 0 heterocycles. The van der Waals surface area contributed by atoms with E-state index in [-0.39, 0.29) is 0 Å². The second-order valence-electron chi connectivity index (χ2n) is 0.704. The van der Waals surface area contributed by atoms with Crippen LogP contribution < -0.4 is 5.32 Å². The van der Waals surface area contributed by atoms with E-state index >= 15 is 0 Å². The Labute approximate surface area is 47.6 Å². The van der Waals surface area contributed by atoms with E-state index < -0.39 is 10.9 Å². The zero-order chi connectivity index (χ0) is 5.86. The molecule has 4 nitrogen and oxygen atoms in total. The van der Waals surface area contributed by atoms with Crippen LogP contribution in [0.4, 0.5) is 9.59 Å². The molecule has 0 fully saturated rings. The lowest BCUT2D eigenvalue weighted by atomic mass is 11.1. The molecule has 0 aromatic rings. The van der Waals surface area contributed by atoms with Crippen LogP contribution in [0.1, 0.15) is 0 Å². The molecule has 0 unspecified atom stereocenters. The van der Waals surface area contributed by atoms with Crippen LogP contribution >= 0.6 is 15.9 Å². The molecule has 0 atom stereocenters. The van der Waals surface area contributed by atoms with Gasteiger partial charge in [0.25, 0.3) is 4.82 Å². The van der Waals surface area contributed by atoms with Gasteiger partial charge in [0, 0.05) is 15.9 Å². The monoisotopic (exact) mass is 167 g/mol. The summed E-state index contributed by atoms with van der Waals surface area (Å²) < 4.78 is 0. The van der Waals surface area contributed by atoms with Gasteiger partial charge in [-0.1, -0.05) is 0 Å². The van der Waals surface area contributed by atoms with Crippen LogP contribution in [0, 0.1) is 0 Å². The lowest BCUT2D eigenvalue weighted by molar-refractivity contribution is 0.195. The van der Waals surface area contributed by atoms with Gasteiger partial charge in [-0.15, -0.1) is 0 Å². The van der Waals surface area contributed by atoms with E-state index in [4.69, 9.17) is 5.11 Å². The third kappa shape index (κ3) is 5.42. The Hall–Kier alpha value is -0.580. The largest absolute Gasteiger partial charge is 0.465 e. The fraction of sp³-hybridized carbons (Fsp3) is 0. The van der Waals surface area contributed by atoms with Crippen molar-refractivity contribution in [3.8, 4) is 0 Å². The number of hydrogen-bond acceptors (Lipinski definition) is 2. The molecule has 0 radical (unpaired) electrons. The second-order valence-corrected chi connectivity index (χ2v) is 1.42. The van der Waals surface area contributed by atoms with Crippen molar-refractivity contribution >= 4 is 26.8 Å². The molecule has 2 amide bonds. The fourth-order valence-corrected chi connectivity index (χ4v) is 0.254. The van der Waals surface area contributed by atoms with E-state index in [0.29, 0.717) is 0 Å². The first-order valence-electron chi connectivity index (χ1n) is 1.32. The van der Waals surface area contributed by atoms with Gasteiger partial charge in [0.1, 0.15) is 0 Å². The Morgan fingerprint density at radius 1 is 1.57 bits per heavy atom. The maximum absolute atomic E-state index is 9.68. The Morgan fingerprint density at radius 3 is 2.00 bits per heavy atom. The molecule has 0 aromatic carbocycles. The Balaban J connectivity index is 3.32. The summed E-state index contributed by atoms with van der Waals surface area (Å²) in [7, 11) is 0. The van der Waals surface area contributed by atoms with Gasteiger partial charge < -0.3 is 5.11 Å². The molecule has 0 saturated heterocycles. The third-order valence-electron chi connectivity index (χ3n) is 0.205. The lowest BCUT2D eigenvalue weighted by Crippen LogP contribution is -2.22. The average molecular weight is 168 g/mol. The molecule has 2 N–H and O–H groups in total. The van der Waals surface area contributed by atoms with Gasteiger partial charge in [-0.25, -0.2) is 4.79 Å². The van der Waals surface area contributed by atoms with Crippen LogP contribution in [0.25, 0.3) is 0 Å². The number of halogens is 1. The minimum absolute atomic E-state index is 0.750.